The lowest BCUT2D eigenvalue weighted by atomic mass is 10.0. The minimum atomic E-state index is 0.250. The van der Waals surface area contributed by atoms with E-state index in [1.54, 1.807) is 18.7 Å². The highest BCUT2D eigenvalue weighted by Crippen LogP contribution is 2.09. The number of aliphatic hydroxyl groups excluding tert-OH is 2. The molecule has 3 nitrogen and oxygen atoms in total. The standard InChI is InChI=1S/C10H21N.C4H10O.C4H10.C2H6O.C2H6S.C2H6/c1-6-8(2)7-9(3)10(4)11-5;1-4(2)3-5;1-3-4-2;1-2-3;1-3-2;1-2/h7-8,10-11H,6H2,1-5H3;4-5H,3H2,1-2H3;3-4H2,1-2H3;3H,2H2,1H3;1-2H3;1-2H3/b9-7-;;;;;. The maximum Gasteiger partial charge on any atom is 0.0453 e. The first-order chi connectivity index (χ1) is 13.1. The van der Waals surface area contributed by atoms with Gasteiger partial charge in [-0.1, -0.05) is 86.3 Å². The molecule has 0 aromatic rings. The van der Waals surface area contributed by atoms with Crippen molar-refractivity contribution in [2.24, 2.45) is 11.8 Å². The highest BCUT2D eigenvalue weighted by Gasteiger charge is 2.01. The molecule has 0 saturated heterocycles. The van der Waals surface area contributed by atoms with Crippen molar-refractivity contribution in [3.8, 4) is 0 Å². The summed E-state index contributed by atoms with van der Waals surface area (Å²) in [7, 11) is 2.00. The molecule has 0 radical (unpaired) electrons. The molecule has 0 aliphatic rings. The van der Waals surface area contributed by atoms with E-state index in [1.807, 2.05) is 47.3 Å². The van der Waals surface area contributed by atoms with Crippen molar-refractivity contribution in [2.45, 2.75) is 101 Å². The summed E-state index contributed by atoms with van der Waals surface area (Å²) in [5, 5.41) is 18.9. The van der Waals surface area contributed by atoms with Crippen LogP contribution in [0.3, 0.4) is 0 Å². The second kappa shape index (κ2) is 45.6. The van der Waals surface area contributed by atoms with Gasteiger partial charge in [0.25, 0.3) is 0 Å². The zero-order valence-corrected chi connectivity index (χ0v) is 23.0. The molecule has 0 rings (SSSR count). The maximum absolute atomic E-state index is 8.14. The minimum absolute atomic E-state index is 0.250. The molecular weight excluding hydrogens is 366 g/mol. The van der Waals surface area contributed by atoms with Crippen molar-refractivity contribution in [1.29, 1.82) is 0 Å². The topological polar surface area (TPSA) is 52.5 Å². The predicted octanol–water partition coefficient (Wildman–Crippen LogP) is 7.03. The van der Waals surface area contributed by atoms with Crippen LogP contribution in [0.4, 0.5) is 0 Å². The third-order valence-electron chi connectivity index (χ3n) is 3.17. The van der Waals surface area contributed by atoms with E-state index in [1.165, 1.54) is 24.8 Å². The molecule has 4 heteroatoms. The number of hydrogen-bond acceptors (Lipinski definition) is 4. The minimum Gasteiger partial charge on any atom is -0.397 e. The fraction of sp³-hybridized carbons (Fsp3) is 0.917. The second-order valence-electron chi connectivity index (χ2n) is 6.61. The van der Waals surface area contributed by atoms with Crippen molar-refractivity contribution in [3.05, 3.63) is 11.6 Å². The molecule has 0 spiro atoms. The number of unbranched alkanes of at least 4 members (excludes halogenated alkanes) is 1. The lowest BCUT2D eigenvalue weighted by molar-refractivity contribution is 0.248. The summed E-state index contributed by atoms with van der Waals surface area (Å²) in [5.74, 6) is 1.15. The van der Waals surface area contributed by atoms with E-state index in [4.69, 9.17) is 10.2 Å². The van der Waals surface area contributed by atoms with Crippen molar-refractivity contribution in [1.82, 2.24) is 5.32 Å². The van der Waals surface area contributed by atoms with Gasteiger partial charge in [0.05, 0.1) is 0 Å². The van der Waals surface area contributed by atoms with Gasteiger partial charge in [-0.25, -0.2) is 0 Å². The number of aliphatic hydroxyl groups is 2. The van der Waals surface area contributed by atoms with Crippen molar-refractivity contribution < 1.29 is 10.2 Å². The largest absolute Gasteiger partial charge is 0.397 e. The van der Waals surface area contributed by atoms with Gasteiger partial charge in [-0.3, -0.25) is 0 Å². The molecule has 0 heterocycles. The number of thioether (sulfide) groups is 1. The van der Waals surface area contributed by atoms with Gasteiger partial charge in [-0.05, 0) is 52.2 Å². The zero-order valence-electron chi connectivity index (χ0n) is 22.1. The van der Waals surface area contributed by atoms with Gasteiger partial charge < -0.3 is 15.5 Å². The number of hydrogen-bond donors (Lipinski definition) is 3. The quantitative estimate of drug-likeness (QED) is 0.400. The summed E-state index contributed by atoms with van der Waals surface area (Å²) in [5.41, 5.74) is 1.45. The highest BCUT2D eigenvalue weighted by molar-refractivity contribution is 7.97. The zero-order chi connectivity index (χ0) is 24.0. The van der Waals surface area contributed by atoms with Crippen LogP contribution in [-0.4, -0.2) is 49.0 Å². The number of likely N-dealkylation sites (N-methyl/N-ethyl adjacent to an activating group) is 1. The fourth-order valence-electron chi connectivity index (χ4n) is 0.939. The molecule has 0 aliphatic heterocycles. The van der Waals surface area contributed by atoms with Crippen molar-refractivity contribution >= 4 is 11.8 Å². The molecule has 2 atom stereocenters. The van der Waals surface area contributed by atoms with Crippen LogP contribution in [0.5, 0.6) is 0 Å². The average molecular weight is 426 g/mol. The summed E-state index contributed by atoms with van der Waals surface area (Å²) < 4.78 is 0. The molecule has 0 aromatic heterocycles. The summed E-state index contributed by atoms with van der Waals surface area (Å²) in [6.07, 6.45) is 10.3. The molecule has 0 saturated carbocycles. The molecule has 0 fully saturated rings. The predicted molar refractivity (Wildman–Crippen MR) is 138 cm³/mol. The van der Waals surface area contributed by atoms with Gasteiger partial charge in [0.1, 0.15) is 0 Å². The van der Waals surface area contributed by atoms with E-state index >= 15 is 0 Å². The third kappa shape index (κ3) is 72.3. The van der Waals surface area contributed by atoms with Gasteiger partial charge in [0.2, 0.25) is 0 Å². The third-order valence-corrected chi connectivity index (χ3v) is 3.17. The van der Waals surface area contributed by atoms with E-state index in [0.717, 1.165) is 0 Å². The lowest BCUT2D eigenvalue weighted by Gasteiger charge is -2.12. The van der Waals surface area contributed by atoms with Crippen LogP contribution in [0.15, 0.2) is 11.6 Å². The number of rotatable bonds is 6. The first-order valence-electron chi connectivity index (χ1n) is 11.1. The normalized spacial score (nSPS) is 11.4. The highest BCUT2D eigenvalue weighted by atomic mass is 32.2. The molecule has 0 aromatic carbocycles. The fourth-order valence-corrected chi connectivity index (χ4v) is 0.939. The van der Waals surface area contributed by atoms with Gasteiger partial charge in [-0.15, -0.1) is 0 Å². The Morgan fingerprint density at radius 1 is 0.929 bits per heavy atom. The summed E-state index contributed by atoms with van der Waals surface area (Å²) in [6, 6.07) is 0.518. The lowest BCUT2D eigenvalue weighted by Crippen LogP contribution is -2.22. The van der Waals surface area contributed by atoms with E-state index in [-0.39, 0.29) is 6.61 Å². The van der Waals surface area contributed by atoms with Crippen molar-refractivity contribution in [2.75, 3.05) is 32.8 Å². The molecular formula is C24H59NO2S. The molecule has 28 heavy (non-hydrogen) atoms. The Balaban J connectivity index is -0.0000000597. The van der Waals surface area contributed by atoms with Crippen LogP contribution >= 0.6 is 11.8 Å². The van der Waals surface area contributed by atoms with Crippen LogP contribution in [0.2, 0.25) is 0 Å². The first-order valence-corrected chi connectivity index (χ1v) is 12.7. The van der Waals surface area contributed by atoms with Crippen LogP contribution in [0, 0.1) is 11.8 Å². The Bertz CT molecular complexity index is 231. The number of nitrogens with one attached hydrogen (secondary N) is 1. The summed E-state index contributed by atoms with van der Waals surface area (Å²) >= 11 is 1.75. The second-order valence-corrected chi connectivity index (χ2v) is 7.42. The summed E-state index contributed by atoms with van der Waals surface area (Å²) in [4.78, 5) is 0. The molecule has 3 N–H and O–H groups in total. The van der Waals surface area contributed by atoms with Gasteiger partial charge in [-0.2, -0.15) is 11.8 Å². The first kappa shape index (κ1) is 42.1. The Morgan fingerprint density at radius 2 is 1.21 bits per heavy atom. The van der Waals surface area contributed by atoms with E-state index in [0.29, 0.717) is 24.5 Å². The molecule has 0 aliphatic carbocycles. The Hall–Kier alpha value is -0.0300. The van der Waals surface area contributed by atoms with Crippen LogP contribution in [0.25, 0.3) is 0 Å². The average Bonchev–Trinajstić information content (AvgIpc) is 2.70. The van der Waals surface area contributed by atoms with Crippen LogP contribution in [-0.2, 0) is 0 Å². The van der Waals surface area contributed by atoms with Crippen molar-refractivity contribution in [3.63, 3.8) is 0 Å². The maximum atomic E-state index is 8.14. The van der Waals surface area contributed by atoms with E-state index in [9.17, 15) is 0 Å². The Labute approximate surface area is 185 Å². The Kier molecular flexibility index (Phi) is 68.7. The van der Waals surface area contributed by atoms with Crippen LogP contribution in [0.1, 0.15) is 95.4 Å². The smallest absolute Gasteiger partial charge is 0.0453 e. The van der Waals surface area contributed by atoms with E-state index < -0.39 is 0 Å². The molecule has 178 valence electrons. The Morgan fingerprint density at radius 3 is 1.36 bits per heavy atom. The monoisotopic (exact) mass is 425 g/mol. The summed E-state index contributed by atoms with van der Waals surface area (Å²) in [6.45, 7) is 23.4. The molecule has 2 unspecified atom stereocenters. The van der Waals surface area contributed by atoms with Gasteiger partial charge in [0, 0.05) is 19.3 Å². The van der Waals surface area contributed by atoms with Gasteiger partial charge in [0.15, 0.2) is 0 Å². The van der Waals surface area contributed by atoms with Crippen LogP contribution < -0.4 is 5.32 Å². The van der Waals surface area contributed by atoms with Gasteiger partial charge >= 0.3 is 0 Å². The number of allylic oxidation sites excluding steroid dienone is 1. The molecule has 0 bridgehead atoms. The van der Waals surface area contributed by atoms with E-state index in [2.05, 4.69) is 52.9 Å². The SMILES string of the molecule is CC.CC(C)CO.CCC(C)/C=C(/C)C(C)NC.CCCC.CCO.CSC. The molecule has 0 amide bonds.